The average molecular weight is 370 g/mol. The van der Waals surface area contributed by atoms with Crippen molar-refractivity contribution in [1.29, 1.82) is 0 Å². The summed E-state index contributed by atoms with van der Waals surface area (Å²) < 4.78 is 39.7. The van der Waals surface area contributed by atoms with Crippen LogP contribution in [0.25, 0.3) is 0 Å². The number of halogens is 4. The zero-order chi connectivity index (χ0) is 18.2. The maximum absolute atomic E-state index is 13.2. The number of aliphatic hydroxyl groups excluding tert-OH is 1. The van der Waals surface area contributed by atoms with Crippen molar-refractivity contribution in [2.24, 2.45) is 0 Å². The van der Waals surface area contributed by atoms with Gasteiger partial charge in [-0.1, -0.05) is 41.9 Å². The van der Waals surface area contributed by atoms with Crippen molar-refractivity contribution in [2.45, 2.75) is 38.2 Å². The van der Waals surface area contributed by atoms with Crippen LogP contribution in [-0.4, -0.2) is 22.8 Å². The molecule has 0 saturated heterocycles. The van der Waals surface area contributed by atoms with E-state index in [4.69, 9.17) is 11.6 Å². The minimum Gasteiger partial charge on any atom is -0.378 e. The lowest BCUT2D eigenvalue weighted by Gasteiger charge is -2.38. The summed E-state index contributed by atoms with van der Waals surface area (Å²) in [6.45, 7) is 2.55. The van der Waals surface area contributed by atoms with Gasteiger partial charge in [-0.2, -0.15) is 13.2 Å². The van der Waals surface area contributed by atoms with Crippen molar-refractivity contribution < 1.29 is 18.3 Å². The Labute approximate surface area is 149 Å². The first kappa shape index (κ1) is 18.2. The highest BCUT2D eigenvalue weighted by atomic mass is 35.5. The Morgan fingerprint density at radius 3 is 2.64 bits per heavy atom. The summed E-state index contributed by atoms with van der Waals surface area (Å²) >= 11 is 6.01. The molecule has 1 N–H and O–H groups in total. The molecule has 2 aromatic rings. The normalized spacial score (nSPS) is 19.5. The molecule has 2 aromatic carbocycles. The molecule has 1 unspecified atom stereocenters. The zero-order valence-electron chi connectivity index (χ0n) is 13.7. The molecule has 0 amide bonds. The van der Waals surface area contributed by atoms with Gasteiger partial charge in [0.05, 0.1) is 5.56 Å². The number of fused-ring (bicyclic) bond motifs is 1. The van der Waals surface area contributed by atoms with Crippen LogP contribution in [0.3, 0.4) is 0 Å². The van der Waals surface area contributed by atoms with Gasteiger partial charge in [0.25, 0.3) is 0 Å². The van der Waals surface area contributed by atoms with E-state index >= 15 is 0 Å². The lowest BCUT2D eigenvalue weighted by atomic mass is 9.92. The smallest absolute Gasteiger partial charge is 0.378 e. The van der Waals surface area contributed by atoms with E-state index in [-0.39, 0.29) is 23.0 Å². The van der Waals surface area contributed by atoms with Gasteiger partial charge in [-0.15, -0.1) is 0 Å². The lowest BCUT2D eigenvalue weighted by molar-refractivity contribution is -0.138. The summed E-state index contributed by atoms with van der Waals surface area (Å²) in [6, 6.07) is 11.6. The van der Waals surface area contributed by atoms with Gasteiger partial charge >= 0.3 is 6.18 Å². The van der Waals surface area contributed by atoms with Gasteiger partial charge in [-0.3, -0.25) is 4.90 Å². The van der Waals surface area contributed by atoms with E-state index in [1.54, 1.807) is 0 Å². The topological polar surface area (TPSA) is 23.5 Å². The molecule has 0 spiro atoms. The highest BCUT2D eigenvalue weighted by Gasteiger charge is 2.36. The molecule has 2 atom stereocenters. The van der Waals surface area contributed by atoms with Crippen LogP contribution in [0.2, 0.25) is 5.02 Å². The minimum atomic E-state index is -4.50. The van der Waals surface area contributed by atoms with Crippen LogP contribution in [0.5, 0.6) is 0 Å². The van der Waals surface area contributed by atoms with Gasteiger partial charge in [-0.25, -0.2) is 0 Å². The SMILES string of the molecule is C[C@H]1c2ccccc2CCN1C(O)Cc1c(Cl)cccc1C(F)(F)F. The van der Waals surface area contributed by atoms with Crippen molar-refractivity contribution in [2.75, 3.05) is 6.54 Å². The molecule has 2 nitrogen and oxygen atoms in total. The highest BCUT2D eigenvalue weighted by molar-refractivity contribution is 6.31. The van der Waals surface area contributed by atoms with Crippen LogP contribution in [0.1, 0.15) is 35.2 Å². The molecule has 134 valence electrons. The molecule has 1 aliphatic rings. The van der Waals surface area contributed by atoms with Crippen molar-refractivity contribution in [1.82, 2.24) is 4.90 Å². The summed E-state index contributed by atoms with van der Waals surface area (Å²) in [7, 11) is 0. The second-order valence-electron chi connectivity index (χ2n) is 6.31. The van der Waals surface area contributed by atoms with Crippen LogP contribution in [0.4, 0.5) is 13.2 Å². The van der Waals surface area contributed by atoms with E-state index in [0.29, 0.717) is 6.54 Å². The largest absolute Gasteiger partial charge is 0.416 e. The monoisotopic (exact) mass is 369 g/mol. The maximum Gasteiger partial charge on any atom is 0.416 e. The Hall–Kier alpha value is -1.56. The average Bonchev–Trinajstić information content (AvgIpc) is 2.56. The number of nitrogens with zero attached hydrogens (tertiary/aromatic N) is 1. The number of aliphatic hydroxyl groups is 1. The van der Waals surface area contributed by atoms with Crippen molar-refractivity contribution >= 4 is 11.6 Å². The molecule has 1 heterocycles. The second kappa shape index (κ2) is 6.98. The Bertz CT molecular complexity index is 763. The standard InChI is InChI=1S/C19H19ClF3NO/c1-12-14-6-3-2-5-13(14)9-10-24(12)18(25)11-15-16(19(21,22)23)7-4-8-17(15)20/h2-8,12,18,25H,9-11H2,1H3/t12-,18?/m0/s1. The van der Waals surface area contributed by atoms with Gasteiger partial charge in [0.2, 0.25) is 0 Å². The number of hydrogen-bond donors (Lipinski definition) is 1. The Morgan fingerprint density at radius 2 is 1.92 bits per heavy atom. The zero-order valence-corrected chi connectivity index (χ0v) is 14.5. The molecule has 0 aromatic heterocycles. The molecule has 25 heavy (non-hydrogen) atoms. The fourth-order valence-electron chi connectivity index (χ4n) is 3.53. The van der Waals surface area contributed by atoms with Crippen LogP contribution in [-0.2, 0) is 19.0 Å². The fourth-order valence-corrected chi connectivity index (χ4v) is 3.78. The first-order chi connectivity index (χ1) is 11.8. The molecule has 0 fully saturated rings. The predicted molar refractivity (Wildman–Crippen MR) is 91.4 cm³/mol. The number of benzene rings is 2. The molecular weight excluding hydrogens is 351 g/mol. The molecule has 6 heteroatoms. The summed E-state index contributed by atoms with van der Waals surface area (Å²) in [5.41, 5.74) is 1.47. The van der Waals surface area contributed by atoms with E-state index < -0.39 is 18.0 Å². The van der Waals surface area contributed by atoms with Gasteiger partial charge in [0.15, 0.2) is 0 Å². The first-order valence-electron chi connectivity index (χ1n) is 8.15. The second-order valence-corrected chi connectivity index (χ2v) is 6.72. The van der Waals surface area contributed by atoms with Crippen molar-refractivity contribution in [3.63, 3.8) is 0 Å². The van der Waals surface area contributed by atoms with Crippen molar-refractivity contribution in [3.05, 3.63) is 69.7 Å². The molecular formula is C19H19ClF3NO. The minimum absolute atomic E-state index is 0.0268. The summed E-state index contributed by atoms with van der Waals surface area (Å²) in [4.78, 5) is 1.83. The van der Waals surface area contributed by atoms with E-state index in [9.17, 15) is 18.3 Å². The van der Waals surface area contributed by atoms with Gasteiger partial charge in [0, 0.05) is 24.0 Å². The van der Waals surface area contributed by atoms with E-state index in [0.717, 1.165) is 18.1 Å². The number of rotatable bonds is 3. The van der Waals surface area contributed by atoms with Crippen molar-refractivity contribution in [3.8, 4) is 0 Å². The molecule has 0 radical (unpaired) electrons. The molecule has 0 aliphatic carbocycles. The van der Waals surface area contributed by atoms with Crippen LogP contribution >= 0.6 is 11.6 Å². The lowest BCUT2D eigenvalue weighted by Crippen LogP contribution is -2.43. The van der Waals surface area contributed by atoms with Crippen LogP contribution in [0.15, 0.2) is 42.5 Å². The quantitative estimate of drug-likeness (QED) is 0.836. The molecule has 0 bridgehead atoms. The van der Waals surface area contributed by atoms with Gasteiger partial charge in [-0.05, 0) is 42.2 Å². The summed E-state index contributed by atoms with van der Waals surface area (Å²) in [5.74, 6) is 0. The van der Waals surface area contributed by atoms with E-state index in [1.165, 1.54) is 17.7 Å². The van der Waals surface area contributed by atoms with Gasteiger partial charge < -0.3 is 5.11 Å². The van der Waals surface area contributed by atoms with E-state index in [2.05, 4.69) is 0 Å². The third kappa shape index (κ3) is 3.68. The molecule has 1 aliphatic heterocycles. The predicted octanol–water partition coefficient (Wildman–Crippen LogP) is 4.84. The van der Waals surface area contributed by atoms with E-state index in [1.807, 2.05) is 36.1 Å². The molecule has 0 saturated carbocycles. The Morgan fingerprint density at radius 1 is 1.20 bits per heavy atom. The fraction of sp³-hybridized carbons (Fsp3) is 0.368. The highest BCUT2D eigenvalue weighted by Crippen LogP contribution is 2.37. The third-order valence-corrected chi connectivity index (χ3v) is 5.19. The summed E-state index contributed by atoms with van der Waals surface area (Å²) in [5, 5.41) is 10.7. The first-order valence-corrected chi connectivity index (χ1v) is 8.53. The maximum atomic E-state index is 13.2. The number of alkyl halides is 3. The third-order valence-electron chi connectivity index (χ3n) is 4.84. The Kier molecular flexibility index (Phi) is 5.09. The summed E-state index contributed by atoms with van der Waals surface area (Å²) in [6.07, 6.45) is -4.95. The van der Waals surface area contributed by atoms with Crippen LogP contribution < -0.4 is 0 Å². The van der Waals surface area contributed by atoms with Gasteiger partial charge in [0.1, 0.15) is 6.23 Å². The Balaban J connectivity index is 1.86. The van der Waals surface area contributed by atoms with Crippen LogP contribution in [0, 0.1) is 0 Å². The number of hydrogen-bond acceptors (Lipinski definition) is 2. The molecule has 3 rings (SSSR count).